The van der Waals surface area contributed by atoms with E-state index in [0.717, 1.165) is 27.9 Å². The zero-order chi connectivity index (χ0) is 17.2. The van der Waals surface area contributed by atoms with Gasteiger partial charge in [0.25, 0.3) is 0 Å². The maximum absolute atomic E-state index is 11.1. The maximum atomic E-state index is 11.1. The van der Waals surface area contributed by atoms with Crippen molar-refractivity contribution >= 4 is 34.2 Å². The Morgan fingerprint density at radius 1 is 1.04 bits per heavy atom. The Morgan fingerprint density at radius 3 is 2.60 bits per heavy atom. The van der Waals surface area contributed by atoms with Crippen LogP contribution in [0, 0.1) is 0 Å². The first-order chi connectivity index (χ1) is 12.2. The van der Waals surface area contributed by atoms with Crippen molar-refractivity contribution in [1.29, 1.82) is 0 Å². The zero-order valence-electron chi connectivity index (χ0n) is 13.3. The van der Waals surface area contributed by atoms with Crippen molar-refractivity contribution in [3.63, 3.8) is 0 Å². The van der Waals surface area contributed by atoms with Gasteiger partial charge in [-0.05, 0) is 17.7 Å². The van der Waals surface area contributed by atoms with Gasteiger partial charge in [-0.15, -0.1) is 10.2 Å². The lowest BCUT2D eigenvalue weighted by molar-refractivity contribution is -0.115. The van der Waals surface area contributed by atoms with Crippen molar-refractivity contribution in [3.8, 4) is 0 Å². The minimum absolute atomic E-state index is 0.151. The number of carbonyl (C=O) groups is 1. The molecule has 0 aliphatic heterocycles. The normalized spacial score (nSPS) is 11.2. The number of fused-ring (bicyclic) bond motifs is 3. The van der Waals surface area contributed by atoms with Gasteiger partial charge in [0, 0.05) is 11.8 Å². The van der Waals surface area contributed by atoms with E-state index in [1.807, 2.05) is 46.9 Å². The van der Waals surface area contributed by atoms with E-state index in [9.17, 15) is 4.79 Å². The fraction of sp³-hybridized carbons (Fsp3) is 0.111. The zero-order valence-corrected chi connectivity index (χ0v) is 14.1. The van der Waals surface area contributed by atoms with Crippen LogP contribution in [0.4, 0.5) is 0 Å². The first-order valence-corrected chi connectivity index (χ1v) is 8.79. The number of hydrogen-bond acceptors (Lipinski definition) is 5. The van der Waals surface area contributed by atoms with E-state index in [4.69, 9.17) is 10.7 Å². The van der Waals surface area contributed by atoms with Gasteiger partial charge in [0.05, 0.1) is 11.3 Å². The molecule has 0 spiro atoms. The lowest BCUT2D eigenvalue weighted by Gasteiger charge is -2.09. The van der Waals surface area contributed by atoms with E-state index in [-0.39, 0.29) is 11.7 Å². The monoisotopic (exact) mass is 349 g/mol. The third-order valence-electron chi connectivity index (χ3n) is 3.83. The van der Waals surface area contributed by atoms with Crippen molar-refractivity contribution in [2.75, 3.05) is 5.75 Å². The molecule has 6 nitrogen and oxygen atoms in total. The lowest BCUT2D eigenvalue weighted by atomic mass is 10.1. The molecule has 0 unspecified atom stereocenters. The van der Waals surface area contributed by atoms with Crippen LogP contribution in [0.15, 0.2) is 59.8 Å². The quantitative estimate of drug-likeness (QED) is 0.559. The second-order valence-electron chi connectivity index (χ2n) is 5.60. The van der Waals surface area contributed by atoms with Crippen LogP contribution < -0.4 is 5.73 Å². The average molecular weight is 349 g/mol. The summed E-state index contributed by atoms with van der Waals surface area (Å²) in [5.74, 6) is 0.593. The predicted molar refractivity (Wildman–Crippen MR) is 97.5 cm³/mol. The van der Waals surface area contributed by atoms with Gasteiger partial charge in [-0.2, -0.15) is 0 Å². The number of primary amides is 1. The number of nitrogens with two attached hydrogens (primary N) is 1. The number of para-hydroxylation sites is 1. The smallest absolute Gasteiger partial charge is 0.227 e. The summed E-state index contributed by atoms with van der Waals surface area (Å²) in [4.78, 5) is 16.0. The number of hydrogen-bond donors (Lipinski definition) is 1. The Labute approximate surface area is 148 Å². The largest absolute Gasteiger partial charge is 0.369 e. The number of aromatic nitrogens is 4. The summed E-state index contributed by atoms with van der Waals surface area (Å²) in [5, 5.41) is 10.1. The second kappa shape index (κ2) is 6.52. The second-order valence-corrected chi connectivity index (χ2v) is 6.55. The SMILES string of the molecule is NC(=O)CSc1nnc2c3ccccc3nc(Cc3ccccc3)n12. The van der Waals surface area contributed by atoms with Gasteiger partial charge in [-0.1, -0.05) is 54.2 Å². The Morgan fingerprint density at radius 2 is 1.80 bits per heavy atom. The van der Waals surface area contributed by atoms with Gasteiger partial charge in [0.1, 0.15) is 5.82 Å². The number of amides is 1. The molecule has 0 fully saturated rings. The molecule has 2 heterocycles. The highest BCUT2D eigenvalue weighted by atomic mass is 32.2. The van der Waals surface area contributed by atoms with E-state index >= 15 is 0 Å². The highest BCUT2D eigenvalue weighted by molar-refractivity contribution is 7.99. The van der Waals surface area contributed by atoms with Gasteiger partial charge in [-0.3, -0.25) is 9.20 Å². The highest BCUT2D eigenvalue weighted by Crippen LogP contribution is 2.25. The van der Waals surface area contributed by atoms with E-state index in [1.165, 1.54) is 11.8 Å². The van der Waals surface area contributed by atoms with Crippen LogP contribution in [0.2, 0.25) is 0 Å². The predicted octanol–water partition coefficient (Wildman–Crippen LogP) is 2.45. The van der Waals surface area contributed by atoms with Gasteiger partial charge in [-0.25, -0.2) is 4.98 Å². The van der Waals surface area contributed by atoms with Crippen molar-refractivity contribution < 1.29 is 4.79 Å². The molecule has 124 valence electrons. The first kappa shape index (κ1) is 15.6. The molecule has 25 heavy (non-hydrogen) atoms. The van der Waals surface area contributed by atoms with Gasteiger partial charge < -0.3 is 5.73 Å². The summed E-state index contributed by atoms with van der Waals surface area (Å²) < 4.78 is 1.92. The number of rotatable bonds is 5. The Bertz CT molecular complexity index is 1060. The van der Waals surface area contributed by atoms with Crippen molar-refractivity contribution in [2.24, 2.45) is 5.73 Å². The highest BCUT2D eigenvalue weighted by Gasteiger charge is 2.16. The summed E-state index contributed by atoms with van der Waals surface area (Å²) in [7, 11) is 0. The minimum atomic E-state index is -0.389. The maximum Gasteiger partial charge on any atom is 0.227 e. The molecule has 2 aromatic heterocycles. The van der Waals surface area contributed by atoms with Crippen LogP contribution >= 0.6 is 11.8 Å². The average Bonchev–Trinajstić information content (AvgIpc) is 3.06. The van der Waals surface area contributed by atoms with Crippen LogP contribution in [0.25, 0.3) is 16.6 Å². The molecule has 0 aliphatic carbocycles. The van der Waals surface area contributed by atoms with Crippen molar-refractivity contribution in [1.82, 2.24) is 19.6 Å². The van der Waals surface area contributed by atoms with E-state index in [2.05, 4.69) is 22.3 Å². The van der Waals surface area contributed by atoms with Gasteiger partial charge in [0.2, 0.25) is 5.91 Å². The topological polar surface area (TPSA) is 86.2 Å². The van der Waals surface area contributed by atoms with Crippen molar-refractivity contribution in [3.05, 3.63) is 66.0 Å². The number of nitrogens with zero attached hydrogens (tertiary/aromatic N) is 4. The summed E-state index contributed by atoms with van der Waals surface area (Å²) in [6.07, 6.45) is 0.643. The summed E-state index contributed by atoms with van der Waals surface area (Å²) in [6, 6.07) is 18.0. The van der Waals surface area contributed by atoms with Gasteiger partial charge in [0.15, 0.2) is 10.8 Å². The minimum Gasteiger partial charge on any atom is -0.369 e. The molecule has 7 heteroatoms. The molecule has 0 saturated heterocycles. The van der Waals surface area contributed by atoms with E-state index in [1.54, 1.807) is 0 Å². The molecule has 0 radical (unpaired) electrons. The molecule has 4 rings (SSSR count). The van der Waals surface area contributed by atoms with Crippen molar-refractivity contribution in [2.45, 2.75) is 11.6 Å². The summed E-state index contributed by atoms with van der Waals surface area (Å²) in [5.41, 5.74) is 8.03. The first-order valence-electron chi connectivity index (χ1n) is 7.80. The number of carbonyl (C=O) groups excluding carboxylic acids is 1. The molecule has 4 aromatic rings. The number of benzene rings is 2. The molecular formula is C18H15N5OS. The van der Waals surface area contributed by atoms with Crippen LogP contribution in [0.5, 0.6) is 0 Å². The third-order valence-corrected chi connectivity index (χ3v) is 4.79. The van der Waals surface area contributed by atoms with Crippen LogP contribution in [0.1, 0.15) is 11.4 Å². The third kappa shape index (κ3) is 3.06. The summed E-state index contributed by atoms with van der Waals surface area (Å²) >= 11 is 1.27. The van der Waals surface area contributed by atoms with Crippen LogP contribution in [-0.4, -0.2) is 31.2 Å². The molecule has 1 amide bonds. The molecule has 2 aromatic carbocycles. The number of thioether (sulfide) groups is 1. The molecule has 2 N–H and O–H groups in total. The van der Waals surface area contributed by atoms with E-state index < -0.39 is 0 Å². The Kier molecular flexibility index (Phi) is 4.07. The fourth-order valence-corrected chi connectivity index (χ4v) is 3.44. The Balaban J connectivity index is 1.90. The van der Waals surface area contributed by atoms with Gasteiger partial charge >= 0.3 is 0 Å². The fourth-order valence-electron chi connectivity index (χ4n) is 2.75. The standard InChI is InChI=1S/C18H15N5OS/c19-15(24)11-25-18-22-21-17-13-8-4-5-9-14(13)20-16(23(17)18)10-12-6-2-1-3-7-12/h1-9H,10-11H2,(H2,19,24). The molecule has 0 saturated carbocycles. The molecule has 0 bridgehead atoms. The van der Waals surface area contributed by atoms with Crippen LogP contribution in [0.3, 0.4) is 0 Å². The Hall–Kier alpha value is -2.93. The molecule has 0 atom stereocenters. The lowest BCUT2D eigenvalue weighted by Crippen LogP contribution is -2.13. The van der Waals surface area contributed by atoms with E-state index in [0.29, 0.717) is 11.6 Å². The molecule has 0 aliphatic rings. The molecular weight excluding hydrogens is 334 g/mol. The van der Waals surface area contributed by atoms with Crippen LogP contribution in [-0.2, 0) is 11.2 Å². The summed E-state index contributed by atoms with van der Waals surface area (Å²) in [6.45, 7) is 0.